The fraction of sp³-hybridized carbons (Fsp3) is 0.500. The van der Waals surface area contributed by atoms with Crippen LogP contribution < -0.4 is 5.73 Å². The highest BCUT2D eigenvalue weighted by Crippen LogP contribution is 2.47. The average molecular weight is 439 g/mol. The van der Waals surface area contributed by atoms with Gasteiger partial charge >= 0.3 is 5.97 Å². The van der Waals surface area contributed by atoms with Gasteiger partial charge in [-0.15, -0.1) is 0 Å². The van der Waals surface area contributed by atoms with Crippen molar-refractivity contribution in [3.8, 4) is 0 Å². The van der Waals surface area contributed by atoms with Crippen LogP contribution in [-0.2, 0) is 19.1 Å². The third-order valence-corrected chi connectivity index (χ3v) is 6.01. The molecular formula is C24H30N4O4. The first kappa shape index (κ1) is 22.4. The normalized spacial score (nSPS) is 22.6. The summed E-state index contributed by atoms with van der Waals surface area (Å²) in [6.07, 6.45) is 4.74. The third kappa shape index (κ3) is 4.12. The number of nitrogens with two attached hydrogens (primary N) is 1. The summed E-state index contributed by atoms with van der Waals surface area (Å²) in [7, 11) is 0. The predicted molar refractivity (Wildman–Crippen MR) is 120 cm³/mol. The molecule has 1 aliphatic carbocycles. The number of carbonyl (C=O) groups excluding carboxylic acids is 2. The minimum absolute atomic E-state index is 0.0830. The zero-order chi connectivity index (χ0) is 22.9. The van der Waals surface area contributed by atoms with Gasteiger partial charge in [-0.2, -0.15) is 0 Å². The Kier molecular flexibility index (Phi) is 6.26. The number of hydrogen-bond donors (Lipinski definition) is 1. The minimum atomic E-state index is -0.543. The van der Waals surface area contributed by atoms with E-state index in [9.17, 15) is 9.59 Å². The molecule has 8 heteroatoms. The lowest BCUT2D eigenvalue weighted by molar-refractivity contribution is -0.139. The SMILES string of the molecule is CCOC(=O)C1=C(COCCN)N=C2CC(C)(C)CC(=O)C2C1c1cnc2ccccn12. The monoisotopic (exact) mass is 438 g/mol. The van der Waals surface area contributed by atoms with Gasteiger partial charge in [0.2, 0.25) is 0 Å². The Morgan fingerprint density at radius 3 is 2.84 bits per heavy atom. The van der Waals surface area contributed by atoms with E-state index in [1.54, 1.807) is 13.1 Å². The van der Waals surface area contributed by atoms with E-state index in [0.717, 1.165) is 17.1 Å². The molecule has 2 unspecified atom stereocenters. The van der Waals surface area contributed by atoms with Gasteiger partial charge in [-0.1, -0.05) is 19.9 Å². The van der Waals surface area contributed by atoms with Gasteiger partial charge in [0.25, 0.3) is 0 Å². The van der Waals surface area contributed by atoms with Gasteiger partial charge < -0.3 is 19.6 Å². The number of hydrogen-bond acceptors (Lipinski definition) is 7. The third-order valence-electron chi connectivity index (χ3n) is 6.01. The molecule has 0 amide bonds. The summed E-state index contributed by atoms with van der Waals surface area (Å²) in [4.78, 5) is 36.0. The van der Waals surface area contributed by atoms with Gasteiger partial charge in [0.1, 0.15) is 11.4 Å². The van der Waals surface area contributed by atoms with Crippen molar-refractivity contribution in [1.82, 2.24) is 9.38 Å². The maximum Gasteiger partial charge on any atom is 0.336 e. The molecular weight excluding hydrogens is 408 g/mol. The van der Waals surface area contributed by atoms with E-state index in [1.807, 2.05) is 28.8 Å². The topological polar surface area (TPSA) is 108 Å². The van der Waals surface area contributed by atoms with Crippen LogP contribution in [0.2, 0.25) is 0 Å². The van der Waals surface area contributed by atoms with E-state index in [2.05, 4.69) is 18.8 Å². The number of nitrogens with zero attached hydrogens (tertiary/aromatic N) is 3. The number of ketones is 1. The Morgan fingerprint density at radius 2 is 2.09 bits per heavy atom. The summed E-state index contributed by atoms with van der Waals surface area (Å²) in [6, 6.07) is 5.70. The first-order chi connectivity index (χ1) is 15.4. The van der Waals surface area contributed by atoms with Crippen LogP contribution in [0, 0.1) is 11.3 Å². The molecule has 170 valence electrons. The van der Waals surface area contributed by atoms with E-state index in [-0.39, 0.29) is 24.4 Å². The Bertz CT molecular complexity index is 1100. The molecule has 3 heterocycles. The first-order valence-corrected chi connectivity index (χ1v) is 11.1. The van der Waals surface area contributed by atoms with Crippen molar-refractivity contribution in [2.45, 2.75) is 39.5 Å². The molecule has 2 aliphatic rings. The smallest absolute Gasteiger partial charge is 0.336 e. The zero-order valence-electron chi connectivity index (χ0n) is 18.8. The van der Waals surface area contributed by atoms with Crippen molar-refractivity contribution in [2.24, 2.45) is 22.1 Å². The van der Waals surface area contributed by atoms with Gasteiger partial charge in [0, 0.05) is 31.1 Å². The highest BCUT2D eigenvalue weighted by Gasteiger charge is 2.49. The molecule has 2 aromatic rings. The number of esters is 1. The lowest BCUT2D eigenvalue weighted by atomic mass is 9.64. The summed E-state index contributed by atoms with van der Waals surface area (Å²) in [5.74, 6) is -1.46. The molecule has 0 bridgehead atoms. The number of aromatic nitrogens is 2. The van der Waals surface area contributed by atoms with Crippen molar-refractivity contribution < 1.29 is 19.1 Å². The van der Waals surface area contributed by atoms with E-state index < -0.39 is 17.8 Å². The highest BCUT2D eigenvalue weighted by molar-refractivity contribution is 6.12. The van der Waals surface area contributed by atoms with Crippen molar-refractivity contribution >= 4 is 23.1 Å². The molecule has 1 saturated carbocycles. The predicted octanol–water partition coefficient (Wildman–Crippen LogP) is 2.67. The molecule has 0 radical (unpaired) electrons. The first-order valence-electron chi connectivity index (χ1n) is 11.1. The molecule has 0 aromatic carbocycles. The maximum absolute atomic E-state index is 13.4. The molecule has 2 atom stereocenters. The van der Waals surface area contributed by atoms with Crippen LogP contribution in [0.3, 0.4) is 0 Å². The van der Waals surface area contributed by atoms with Gasteiger partial charge in [-0.3, -0.25) is 9.79 Å². The van der Waals surface area contributed by atoms with E-state index in [1.165, 1.54) is 0 Å². The standard InChI is InChI=1S/C24H30N4O4/c1-4-32-23(30)21-16(14-31-10-8-25)27-15-11-24(2,3)12-18(29)20(15)22(21)17-13-26-19-7-5-6-9-28(17)19/h5-7,9,13,20,22H,4,8,10-12,14,25H2,1-3H3. The quantitative estimate of drug-likeness (QED) is 0.526. The summed E-state index contributed by atoms with van der Waals surface area (Å²) in [6.45, 7) is 6.97. The number of carbonyl (C=O) groups is 2. The number of ether oxygens (including phenoxy) is 2. The van der Waals surface area contributed by atoms with E-state index >= 15 is 0 Å². The van der Waals surface area contributed by atoms with Gasteiger partial charge in [0.15, 0.2) is 0 Å². The number of pyridine rings is 1. The Hall–Kier alpha value is -2.84. The van der Waals surface area contributed by atoms with Crippen molar-refractivity contribution in [2.75, 3.05) is 26.4 Å². The molecule has 8 nitrogen and oxygen atoms in total. The van der Waals surface area contributed by atoms with Crippen LogP contribution >= 0.6 is 0 Å². The van der Waals surface area contributed by atoms with Gasteiger partial charge in [-0.25, -0.2) is 9.78 Å². The minimum Gasteiger partial charge on any atom is -0.463 e. The molecule has 2 aromatic heterocycles. The largest absolute Gasteiger partial charge is 0.463 e. The van der Waals surface area contributed by atoms with Crippen LogP contribution in [0.25, 0.3) is 5.65 Å². The Morgan fingerprint density at radius 1 is 1.28 bits per heavy atom. The number of aliphatic imine (C=N–C) groups is 1. The lowest BCUT2D eigenvalue weighted by Gasteiger charge is -2.41. The lowest BCUT2D eigenvalue weighted by Crippen LogP contribution is -2.44. The van der Waals surface area contributed by atoms with Gasteiger partial charge in [0.05, 0.1) is 48.6 Å². The summed E-state index contributed by atoms with van der Waals surface area (Å²) in [5.41, 5.74) is 8.58. The van der Waals surface area contributed by atoms with Crippen molar-refractivity contribution in [1.29, 1.82) is 0 Å². The summed E-state index contributed by atoms with van der Waals surface area (Å²) < 4.78 is 13.0. The second-order valence-corrected chi connectivity index (χ2v) is 9.08. The van der Waals surface area contributed by atoms with Crippen LogP contribution in [0.5, 0.6) is 0 Å². The van der Waals surface area contributed by atoms with E-state index in [0.29, 0.717) is 37.3 Å². The van der Waals surface area contributed by atoms with Crippen LogP contribution in [0.1, 0.15) is 45.2 Å². The number of fused-ring (bicyclic) bond motifs is 2. The van der Waals surface area contributed by atoms with Crippen LogP contribution in [0.15, 0.2) is 46.9 Å². The fourth-order valence-corrected chi connectivity index (χ4v) is 4.81. The zero-order valence-corrected chi connectivity index (χ0v) is 18.8. The molecule has 2 N–H and O–H groups in total. The molecule has 32 heavy (non-hydrogen) atoms. The Labute approximate surface area is 187 Å². The van der Waals surface area contributed by atoms with Crippen molar-refractivity contribution in [3.05, 3.63) is 47.6 Å². The van der Waals surface area contributed by atoms with Gasteiger partial charge in [-0.05, 0) is 30.9 Å². The molecule has 1 aliphatic heterocycles. The molecule has 4 rings (SSSR count). The average Bonchev–Trinajstić information content (AvgIpc) is 3.16. The second kappa shape index (κ2) is 8.96. The molecule has 1 fully saturated rings. The van der Waals surface area contributed by atoms with Crippen LogP contribution in [0.4, 0.5) is 0 Å². The highest BCUT2D eigenvalue weighted by atomic mass is 16.5. The van der Waals surface area contributed by atoms with E-state index in [4.69, 9.17) is 20.2 Å². The Balaban J connectivity index is 1.92. The fourth-order valence-electron chi connectivity index (χ4n) is 4.81. The summed E-state index contributed by atoms with van der Waals surface area (Å²) >= 11 is 0. The number of Topliss-reactive ketones (excluding diaryl/α,β-unsaturated/α-hetero) is 1. The van der Waals surface area contributed by atoms with Crippen molar-refractivity contribution in [3.63, 3.8) is 0 Å². The number of imidazole rings is 1. The second-order valence-electron chi connectivity index (χ2n) is 9.08. The number of rotatable bonds is 7. The van der Waals surface area contributed by atoms with Crippen LogP contribution in [-0.4, -0.2) is 53.2 Å². The molecule has 0 saturated heterocycles. The molecule has 0 spiro atoms. The maximum atomic E-state index is 13.4. The summed E-state index contributed by atoms with van der Waals surface area (Å²) in [5, 5.41) is 0.